The fourth-order valence-corrected chi connectivity index (χ4v) is 2.83. The molecule has 1 fully saturated rings. The summed E-state index contributed by atoms with van der Waals surface area (Å²) < 4.78 is 7.15. The minimum absolute atomic E-state index is 0.206. The molecule has 3 heteroatoms. The second-order valence-corrected chi connectivity index (χ2v) is 6.54. The average Bonchev–Trinajstić information content (AvgIpc) is 2.33. The standard InChI is InChI=1S/C15H22BrNO/c1-4-8-17-13-10-14(15(13,2)3)18-12-7-5-6-11(16)9-12/h5-7,9,13-14,17H,4,8,10H2,1-3H3. The predicted octanol–water partition coefficient (Wildman–Crippen LogP) is 3.99. The Morgan fingerprint density at radius 2 is 2.22 bits per heavy atom. The van der Waals surface area contributed by atoms with E-state index >= 15 is 0 Å². The first-order chi connectivity index (χ1) is 8.54. The summed E-state index contributed by atoms with van der Waals surface area (Å²) in [6.45, 7) is 7.87. The predicted molar refractivity (Wildman–Crippen MR) is 79.0 cm³/mol. The second kappa shape index (κ2) is 5.62. The van der Waals surface area contributed by atoms with E-state index in [1.165, 1.54) is 6.42 Å². The van der Waals surface area contributed by atoms with Gasteiger partial charge in [-0.05, 0) is 31.2 Å². The minimum Gasteiger partial charge on any atom is -0.490 e. The summed E-state index contributed by atoms with van der Waals surface area (Å²) in [5.41, 5.74) is 0.206. The zero-order valence-electron chi connectivity index (χ0n) is 11.4. The summed E-state index contributed by atoms with van der Waals surface area (Å²) in [6, 6.07) is 8.66. The highest BCUT2D eigenvalue weighted by Gasteiger charge is 2.49. The molecule has 1 aromatic carbocycles. The van der Waals surface area contributed by atoms with Crippen LogP contribution < -0.4 is 10.1 Å². The maximum absolute atomic E-state index is 6.09. The van der Waals surface area contributed by atoms with Crippen molar-refractivity contribution in [2.24, 2.45) is 5.41 Å². The first-order valence-electron chi connectivity index (χ1n) is 6.69. The summed E-state index contributed by atoms with van der Waals surface area (Å²) >= 11 is 3.47. The quantitative estimate of drug-likeness (QED) is 0.887. The molecule has 0 amide bonds. The van der Waals surface area contributed by atoms with Crippen LogP contribution in [0.5, 0.6) is 5.75 Å². The van der Waals surface area contributed by atoms with Crippen LogP contribution >= 0.6 is 15.9 Å². The lowest BCUT2D eigenvalue weighted by Gasteiger charge is -2.51. The van der Waals surface area contributed by atoms with E-state index in [0.717, 1.165) is 23.2 Å². The van der Waals surface area contributed by atoms with Crippen LogP contribution in [0.1, 0.15) is 33.6 Å². The summed E-state index contributed by atoms with van der Waals surface area (Å²) in [7, 11) is 0. The molecule has 0 saturated heterocycles. The summed E-state index contributed by atoms with van der Waals surface area (Å²) in [6.07, 6.45) is 2.59. The molecule has 2 rings (SSSR count). The topological polar surface area (TPSA) is 21.3 Å². The monoisotopic (exact) mass is 311 g/mol. The van der Waals surface area contributed by atoms with Gasteiger partial charge in [0.2, 0.25) is 0 Å². The van der Waals surface area contributed by atoms with Gasteiger partial charge in [-0.1, -0.05) is 42.8 Å². The smallest absolute Gasteiger partial charge is 0.120 e. The Hall–Kier alpha value is -0.540. The Bertz CT molecular complexity index is 405. The highest BCUT2D eigenvalue weighted by molar-refractivity contribution is 9.10. The van der Waals surface area contributed by atoms with Crippen molar-refractivity contribution in [1.29, 1.82) is 0 Å². The molecule has 18 heavy (non-hydrogen) atoms. The molecule has 0 spiro atoms. The van der Waals surface area contributed by atoms with E-state index < -0.39 is 0 Å². The molecular formula is C15H22BrNO. The Kier molecular flexibility index (Phi) is 4.33. The number of halogens is 1. The Morgan fingerprint density at radius 3 is 2.83 bits per heavy atom. The molecule has 2 nitrogen and oxygen atoms in total. The third-order valence-electron chi connectivity index (χ3n) is 3.89. The van der Waals surface area contributed by atoms with Gasteiger partial charge in [-0.15, -0.1) is 0 Å². The molecular weight excluding hydrogens is 290 g/mol. The number of hydrogen-bond acceptors (Lipinski definition) is 2. The van der Waals surface area contributed by atoms with Crippen molar-refractivity contribution in [3.63, 3.8) is 0 Å². The molecule has 2 atom stereocenters. The third kappa shape index (κ3) is 2.89. The molecule has 1 aromatic rings. The highest BCUT2D eigenvalue weighted by Crippen LogP contribution is 2.43. The van der Waals surface area contributed by atoms with E-state index in [9.17, 15) is 0 Å². The number of nitrogens with one attached hydrogen (secondary N) is 1. The van der Waals surface area contributed by atoms with E-state index in [4.69, 9.17) is 4.74 Å². The van der Waals surface area contributed by atoms with E-state index in [0.29, 0.717) is 12.1 Å². The van der Waals surface area contributed by atoms with Gasteiger partial charge in [-0.25, -0.2) is 0 Å². The maximum Gasteiger partial charge on any atom is 0.120 e. The fraction of sp³-hybridized carbons (Fsp3) is 0.600. The molecule has 1 aliphatic carbocycles. The van der Waals surface area contributed by atoms with Crippen LogP contribution in [0.2, 0.25) is 0 Å². The van der Waals surface area contributed by atoms with Gasteiger partial charge in [0.1, 0.15) is 11.9 Å². The van der Waals surface area contributed by atoms with Crippen molar-refractivity contribution in [3.8, 4) is 5.75 Å². The van der Waals surface area contributed by atoms with Crippen LogP contribution in [0, 0.1) is 5.41 Å². The van der Waals surface area contributed by atoms with E-state index in [2.05, 4.69) is 42.0 Å². The van der Waals surface area contributed by atoms with Crippen molar-refractivity contribution in [3.05, 3.63) is 28.7 Å². The van der Waals surface area contributed by atoms with Crippen molar-refractivity contribution >= 4 is 15.9 Å². The molecule has 2 unspecified atom stereocenters. The largest absolute Gasteiger partial charge is 0.490 e. The average molecular weight is 312 g/mol. The number of benzene rings is 1. The minimum atomic E-state index is 0.206. The normalized spacial score (nSPS) is 25.6. The fourth-order valence-electron chi connectivity index (χ4n) is 2.45. The molecule has 0 radical (unpaired) electrons. The summed E-state index contributed by atoms with van der Waals surface area (Å²) in [5, 5.41) is 3.60. The van der Waals surface area contributed by atoms with E-state index in [-0.39, 0.29) is 5.41 Å². The van der Waals surface area contributed by atoms with Gasteiger partial charge in [-0.2, -0.15) is 0 Å². The van der Waals surface area contributed by atoms with Gasteiger partial charge in [0, 0.05) is 22.4 Å². The Labute approximate surface area is 118 Å². The second-order valence-electron chi connectivity index (χ2n) is 5.63. The van der Waals surface area contributed by atoms with Gasteiger partial charge in [0.25, 0.3) is 0 Å². The van der Waals surface area contributed by atoms with Crippen molar-refractivity contribution in [1.82, 2.24) is 5.32 Å². The summed E-state index contributed by atoms with van der Waals surface area (Å²) in [5.74, 6) is 0.955. The van der Waals surface area contributed by atoms with Crippen LogP contribution in [-0.4, -0.2) is 18.7 Å². The number of rotatable bonds is 5. The third-order valence-corrected chi connectivity index (χ3v) is 4.39. The van der Waals surface area contributed by atoms with Gasteiger partial charge in [0.05, 0.1) is 0 Å². The molecule has 1 N–H and O–H groups in total. The van der Waals surface area contributed by atoms with Gasteiger partial charge in [0.15, 0.2) is 0 Å². The maximum atomic E-state index is 6.09. The first-order valence-corrected chi connectivity index (χ1v) is 7.49. The molecule has 0 bridgehead atoms. The molecule has 0 aromatic heterocycles. The highest BCUT2D eigenvalue weighted by atomic mass is 79.9. The summed E-state index contributed by atoms with van der Waals surface area (Å²) in [4.78, 5) is 0. The van der Waals surface area contributed by atoms with Crippen LogP contribution in [0.3, 0.4) is 0 Å². The molecule has 1 aliphatic rings. The van der Waals surface area contributed by atoms with Gasteiger partial charge < -0.3 is 10.1 Å². The molecule has 100 valence electrons. The van der Waals surface area contributed by atoms with Crippen molar-refractivity contribution in [2.75, 3.05) is 6.54 Å². The van der Waals surface area contributed by atoms with Crippen LogP contribution in [0.25, 0.3) is 0 Å². The van der Waals surface area contributed by atoms with Gasteiger partial charge >= 0.3 is 0 Å². The lowest BCUT2D eigenvalue weighted by atomic mass is 9.64. The SMILES string of the molecule is CCCNC1CC(Oc2cccc(Br)c2)C1(C)C. The van der Waals surface area contributed by atoms with E-state index in [1.807, 2.05) is 24.3 Å². The number of ether oxygens (including phenoxy) is 1. The first kappa shape index (κ1) is 13.9. The van der Waals surface area contributed by atoms with Crippen LogP contribution in [-0.2, 0) is 0 Å². The number of hydrogen-bond donors (Lipinski definition) is 1. The van der Waals surface area contributed by atoms with Crippen LogP contribution in [0.4, 0.5) is 0 Å². The van der Waals surface area contributed by atoms with Crippen molar-refractivity contribution < 1.29 is 4.74 Å². The molecule has 0 heterocycles. The molecule has 0 aliphatic heterocycles. The molecule has 1 saturated carbocycles. The zero-order valence-corrected chi connectivity index (χ0v) is 13.0. The zero-order chi connectivity index (χ0) is 13.2. The Morgan fingerprint density at radius 1 is 1.44 bits per heavy atom. The lowest BCUT2D eigenvalue weighted by Crippen LogP contribution is -2.62. The van der Waals surface area contributed by atoms with Crippen molar-refractivity contribution in [2.45, 2.75) is 45.8 Å². The van der Waals surface area contributed by atoms with E-state index in [1.54, 1.807) is 0 Å². The van der Waals surface area contributed by atoms with Crippen LogP contribution in [0.15, 0.2) is 28.7 Å². The van der Waals surface area contributed by atoms with Gasteiger partial charge in [-0.3, -0.25) is 0 Å². The lowest BCUT2D eigenvalue weighted by molar-refractivity contribution is -0.0546. The Balaban J connectivity index is 1.93.